The van der Waals surface area contributed by atoms with E-state index < -0.39 is 32.6 Å². The molecule has 0 saturated carbocycles. The topological polar surface area (TPSA) is 46.2 Å². The highest BCUT2D eigenvalue weighted by molar-refractivity contribution is 9.10. The monoisotopic (exact) mass is 351 g/mol. The molecule has 7 heteroatoms. The van der Waals surface area contributed by atoms with Gasteiger partial charge < -0.3 is 0 Å². The molecule has 1 aromatic rings. The Morgan fingerprint density at radius 2 is 2.11 bits per heavy atom. The van der Waals surface area contributed by atoms with Crippen molar-refractivity contribution in [2.75, 3.05) is 0 Å². The lowest BCUT2D eigenvalue weighted by Crippen LogP contribution is -2.34. The second-order valence-electron chi connectivity index (χ2n) is 3.83. The molecule has 0 spiro atoms. The summed E-state index contributed by atoms with van der Waals surface area (Å²) in [7, 11) is -4.11. The molecule has 1 unspecified atom stereocenters. The smallest absolute Gasteiger partial charge is 0.207 e. The maximum absolute atomic E-state index is 13.6. The molecule has 1 N–H and O–H groups in total. The Morgan fingerprint density at radius 1 is 1.47 bits per heavy atom. The van der Waals surface area contributed by atoms with Gasteiger partial charge in [0.25, 0.3) is 0 Å². The van der Waals surface area contributed by atoms with Crippen LogP contribution in [-0.4, -0.2) is 14.5 Å². The number of halogens is 3. The van der Waals surface area contributed by atoms with Crippen molar-refractivity contribution in [3.05, 3.63) is 28.2 Å². The fraction of sp³-hybridized carbons (Fsp3) is 0.333. The van der Waals surface area contributed by atoms with Gasteiger partial charge in [-0.2, -0.15) is 0 Å². The number of sulfonamides is 1. The normalized spacial score (nSPS) is 13.0. The number of hydrogen-bond donors (Lipinski definition) is 1. The zero-order chi connectivity index (χ0) is 14.6. The Balaban J connectivity index is 3.18. The molecule has 19 heavy (non-hydrogen) atoms. The number of terminal acetylenes is 1. The molecule has 0 aliphatic carbocycles. The summed E-state index contributed by atoms with van der Waals surface area (Å²) in [6.45, 7) is 1.75. The first-order valence-corrected chi connectivity index (χ1v) is 7.69. The van der Waals surface area contributed by atoms with E-state index in [1.165, 1.54) is 0 Å². The minimum absolute atomic E-state index is 0.173. The van der Waals surface area contributed by atoms with Crippen molar-refractivity contribution in [3.8, 4) is 12.3 Å². The van der Waals surface area contributed by atoms with Gasteiger partial charge >= 0.3 is 0 Å². The lowest BCUT2D eigenvalue weighted by Gasteiger charge is -2.15. The summed E-state index contributed by atoms with van der Waals surface area (Å²) in [5.41, 5.74) is 0. The first-order chi connectivity index (χ1) is 8.81. The van der Waals surface area contributed by atoms with Gasteiger partial charge in [0.2, 0.25) is 10.0 Å². The van der Waals surface area contributed by atoms with Crippen LogP contribution in [0.5, 0.6) is 0 Å². The molecule has 0 amide bonds. The van der Waals surface area contributed by atoms with Gasteiger partial charge in [-0.3, -0.25) is 0 Å². The second kappa shape index (κ2) is 6.46. The van der Waals surface area contributed by atoms with Gasteiger partial charge in [0.1, 0.15) is 16.5 Å². The van der Waals surface area contributed by atoms with E-state index in [2.05, 4.69) is 26.6 Å². The van der Waals surface area contributed by atoms with Crippen LogP contribution in [0.15, 0.2) is 21.5 Å². The zero-order valence-corrected chi connectivity index (χ0v) is 12.5. The molecule has 0 aliphatic heterocycles. The average molecular weight is 352 g/mol. The van der Waals surface area contributed by atoms with E-state index in [1.54, 1.807) is 6.92 Å². The third-order valence-electron chi connectivity index (χ3n) is 2.41. The first kappa shape index (κ1) is 16.1. The molecular weight excluding hydrogens is 340 g/mol. The molecule has 3 nitrogen and oxygen atoms in total. The molecule has 0 aliphatic rings. The van der Waals surface area contributed by atoms with Gasteiger partial charge in [-0.1, -0.05) is 6.92 Å². The van der Waals surface area contributed by atoms with Gasteiger partial charge in [-0.15, -0.1) is 12.3 Å². The fourth-order valence-electron chi connectivity index (χ4n) is 1.48. The van der Waals surface area contributed by atoms with Gasteiger partial charge in [0.15, 0.2) is 0 Å². The van der Waals surface area contributed by atoms with E-state index in [-0.39, 0.29) is 10.9 Å². The van der Waals surface area contributed by atoms with E-state index in [0.717, 1.165) is 6.07 Å². The molecule has 104 valence electrons. The highest BCUT2D eigenvalue weighted by Gasteiger charge is 2.25. The van der Waals surface area contributed by atoms with Crippen LogP contribution >= 0.6 is 15.9 Å². The lowest BCUT2D eigenvalue weighted by atomic mass is 10.2. The van der Waals surface area contributed by atoms with Crippen LogP contribution in [-0.2, 0) is 10.0 Å². The third-order valence-corrected chi connectivity index (χ3v) is 4.89. The molecule has 0 saturated heterocycles. The SMILES string of the molecule is C#CCC(CC)NS(=O)(=O)c1c(F)cc(F)cc1Br. The number of rotatable bonds is 5. The molecule has 1 aromatic carbocycles. The molecular formula is C12H12BrF2NO2S. The summed E-state index contributed by atoms with van der Waals surface area (Å²) >= 11 is 2.85. The standard InChI is InChI=1S/C12H12BrF2NO2S/c1-3-5-9(4-2)16-19(17,18)12-10(13)6-8(14)7-11(12)15/h1,6-7,9,16H,4-5H2,2H3. The quantitative estimate of drug-likeness (QED) is 0.829. The van der Waals surface area contributed by atoms with Crippen molar-refractivity contribution < 1.29 is 17.2 Å². The van der Waals surface area contributed by atoms with Gasteiger partial charge in [-0.05, 0) is 28.4 Å². The van der Waals surface area contributed by atoms with Crippen molar-refractivity contribution in [1.29, 1.82) is 0 Å². The average Bonchev–Trinajstić information content (AvgIpc) is 2.25. The van der Waals surface area contributed by atoms with Gasteiger partial charge in [0.05, 0.1) is 0 Å². The minimum atomic E-state index is -4.11. The van der Waals surface area contributed by atoms with Crippen LogP contribution in [0.1, 0.15) is 19.8 Å². The Bertz CT molecular complexity index is 588. The number of benzene rings is 1. The fourth-order valence-corrected chi connectivity index (χ4v) is 3.96. The number of hydrogen-bond acceptors (Lipinski definition) is 2. The Morgan fingerprint density at radius 3 is 2.58 bits per heavy atom. The minimum Gasteiger partial charge on any atom is -0.207 e. The van der Waals surface area contributed by atoms with E-state index >= 15 is 0 Å². The predicted molar refractivity (Wildman–Crippen MR) is 71.9 cm³/mol. The van der Waals surface area contributed by atoms with E-state index in [4.69, 9.17) is 6.42 Å². The Hall–Kier alpha value is -0.970. The third kappa shape index (κ3) is 4.00. The second-order valence-corrected chi connectivity index (χ2v) is 6.34. The van der Waals surface area contributed by atoms with Crippen molar-refractivity contribution in [2.45, 2.75) is 30.7 Å². The molecule has 0 fully saturated rings. The summed E-state index contributed by atoms with van der Waals surface area (Å²) in [5, 5.41) is 0. The summed E-state index contributed by atoms with van der Waals surface area (Å²) in [4.78, 5) is -0.621. The Kier molecular flexibility index (Phi) is 5.47. The predicted octanol–water partition coefficient (Wildman–Crippen LogP) is 2.81. The largest absolute Gasteiger partial charge is 0.244 e. The van der Waals surface area contributed by atoms with Crippen LogP contribution < -0.4 is 4.72 Å². The molecule has 1 rings (SSSR count). The lowest BCUT2D eigenvalue weighted by molar-refractivity contribution is 0.523. The summed E-state index contributed by atoms with van der Waals surface area (Å²) in [5.74, 6) is 0.319. The first-order valence-electron chi connectivity index (χ1n) is 5.42. The summed E-state index contributed by atoms with van der Waals surface area (Å²) in [6, 6.07) is 0.910. The molecule has 0 aromatic heterocycles. The van der Waals surface area contributed by atoms with Crippen molar-refractivity contribution in [3.63, 3.8) is 0 Å². The van der Waals surface area contributed by atoms with Crippen molar-refractivity contribution in [1.82, 2.24) is 4.72 Å². The maximum atomic E-state index is 13.6. The van der Waals surface area contributed by atoms with Crippen LogP contribution in [0.3, 0.4) is 0 Å². The van der Waals surface area contributed by atoms with Crippen LogP contribution in [0.4, 0.5) is 8.78 Å². The van der Waals surface area contributed by atoms with E-state index in [9.17, 15) is 17.2 Å². The highest BCUT2D eigenvalue weighted by atomic mass is 79.9. The number of nitrogens with one attached hydrogen (secondary N) is 1. The van der Waals surface area contributed by atoms with Gasteiger partial charge in [0, 0.05) is 23.0 Å². The maximum Gasteiger partial charge on any atom is 0.244 e. The van der Waals surface area contributed by atoms with E-state index in [1.807, 2.05) is 0 Å². The van der Waals surface area contributed by atoms with E-state index in [0.29, 0.717) is 12.5 Å². The molecule has 0 radical (unpaired) electrons. The van der Waals surface area contributed by atoms with Crippen molar-refractivity contribution >= 4 is 26.0 Å². The van der Waals surface area contributed by atoms with Crippen LogP contribution in [0, 0.1) is 24.0 Å². The summed E-state index contributed by atoms with van der Waals surface area (Å²) < 4.78 is 52.8. The van der Waals surface area contributed by atoms with Crippen molar-refractivity contribution in [2.24, 2.45) is 0 Å². The Labute approximate surface area is 119 Å². The summed E-state index contributed by atoms with van der Waals surface area (Å²) in [6.07, 6.45) is 5.78. The highest BCUT2D eigenvalue weighted by Crippen LogP contribution is 2.26. The molecule has 1 atom stereocenters. The zero-order valence-electron chi connectivity index (χ0n) is 10.1. The molecule has 0 heterocycles. The van der Waals surface area contributed by atoms with Crippen LogP contribution in [0.2, 0.25) is 0 Å². The molecule has 0 bridgehead atoms. The van der Waals surface area contributed by atoms with Crippen LogP contribution in [0.25, 0.3) is 0 Å². The van der Waals surface area contributed by atoms with Gasteiger partial charge in [-0.25, -0.2) is 21.9 Å².